The fourth-order valence-electron chi connectivity index (χ4n) is 6.44. The predicted octanol–water partition coefficient (Wildman–Crippen LogP) is 6.06. The molecule has 1 N–H and O–H groups in total. The molecule has 1 aliphatic heterocycles. The second-order valence-electron chi connectivity index (χ2n) is 13.1. The van der Waals surface area contributed by atoms with Crippen molar-refractivity contribution in [2.75, 3.05) is 13.1 Å². The number of imidazole rings is 1. The van der Waals surface area contributed by atoms with Gasteiger partial charge >= 0.3 is 17.8 Å². The molecule has 3 aromatic carbocycles. The fraction of sp³-hybridized carbons (Fsp3) is 0.250. The molecule has 10 heteroatoms. The van der Waals surface area contributed by atoms with Crippen LogP contribution in [0, 0.1) is 0 Å². The van der Waals surface area contributed by atoms with Crippen molar-refractivity contribution in [3.8, 4) is 16.8 Å². The summed E-state index contributed by atoms with van der Waals surface area (Å²) in [6, 6.07) is 23.4. The van der Waals surface area contributed by atoms with Crippen LogP contribution in [0.1, 0.15) is 32.8 Å². The molecule has 1 aliphatic rings. The Hall–Kier alpha value is -5.51. The molecule has 0 atom stereocenters. The van der Waals surface area contributed by atoms with Crippen molar-refractivity contribution in [2.24, 2.45) is 7.05 Å². The van der Waals surface area contributed by atoms with Gasteiger partial charge < -0.3 is 14.7 Å². The van der Waals surface area contributed by atoms with Gasteiger partial charge in [-0.3, -0.25) is 23.9 Å². The quantitative estimate of drug-likeness (QED) is 0.251. The Labute approximate surface area is 264 Å². The molecule has 0 aliphatic carbocycles. The number of carbonyl (C=O) groups is 2. The van der Waals surface area contributed by atoms with Crippen LogP contribution < -0.4 is 5.69 Å². The maximum absolute atomic E-state index is 13.7. The second kappa shape index (κ2) is 10.5. The number of carbonyl (C=O) groups excluding carboxylic acids is 1. The number of likely N-dealkylation sites (tertiary alicyclic amines) is 1. The lowest BCUT2D eigenvalue weighted by Crippen LogP contribution is -2.62. The number of ether oxygens (including phenoxy) is 1. The van der Waals surface area contributed by atoms with Crippen LogP contribution in [-0.4, -0.2) is 59.9 Å². The molecule has 0 bridgehead atoms. The van der Waals surface area contributed by atoms with Crippen molar-refractivity contribution >= 4 is 44.9 Å². The molecular weight excluding hydrogens is 582 g/mol. The number of hydrogen-bond acceptors (Lipinski definition) is 6. The molecule has 0 spiro atoms. The highest BCUT2D eigenvalue weighted by Crippen LogP contribution is 2.39. The van der Waals surface area contributed by atoms with E-state index in [9.17, 15) is 19.5 Å². The lowest BCUT2D eigenvalue weighted by atomic mass is 9.71. The van der Waals surface area contributed by atoms with Crippen LogP contribution in [0.3, 0.4) is 0 Å². The zero-order valence-corrected chi connectivity index (χ0v) is 26.0. The van der Waals surface area contributed by atoms with Gasteiger partial charge in [-0.2, -0.15) is 0 Å². The number of para-hydroxylation sites is 1. The fourth-order valence-corrected chi connectivity index (χ4v) is 6.44. The van der Waals surface area contributed by atoms with Crippen LogP contribution in [0.15, 0.2) is 90.0 Å². The van der Waals surface area contributed by atoms with Crippen molar-refractivity contribution in [3.05, 3.63) is 101 Å². The maximum Gasteiger partial charge on any atom is 0.410 e. The van der Waals surface area contributed by atoms with E-state index in [0.29, 0.717) is 11.2 Å². The van der Waals surface area contributed by atoms with Crippen LogP contribution in [0.2, 0.25) is 0 Å². The zero-order valence-electron chi connectivity index (χ0n) is 26.0. The maximum atomic E-state index is 13.7. The van der Waals surface area contributed by atoms with Gasteiger partial charge in [-0.15, -0.1) is 0 Å². The molecule has 232 valence electrons. The number of aliphatic carboxylic acids is 1. The van der Waals surface area contributed by atoms with E-state index in [1.165, 1.54) is 4.90 Å². The number of aromatic nitrogens is 4. The summed E-state index contributed by atoms with van der Waals surface area (Å²) in [5, 5.41) is 11.6. The number of rotatable bonds is 5. The molecule has 3 aromatic heterocycles. The van der Waals surface area contributed by atoms with E-state index < -0.39 is 23.1 Å². The first-order valence-electron chi connectivity index (χ1n) is 15.1. The van der Waals surface area contributed by atoms with E-state index in [-0.39, 0.29) is 25.2 Å². The standard InChI is InChI=1S/C36H33N5O5/c1-35(2,3)46-34(45)40-20-36(21-40,17-31(42)43)25-10-12-26(13-11-25)41-32-27-16-22(24-15-23-7-5-6-8-28(23)37-18-24)9-14-29(27)38-19-30(32)39(4)33(41)44/h5-16,18-19H,17,20-21H2,1-4H3,(H,42,43). The highest BCUT2D eigenvalue weighted by Gasteiger charge is 2.49. The number of hydrogen-bond donors (Lipinski definition) is 1. The minimum absolute atomic E-state index is 0.136. The lowest BCUT2D eigenvalue weighted by molar-refractivity contribution is -0.140. The van der Waals surface area contributed by atoms with Gasteiger partial charge in [0, 0.05) is 48.1 Å². The van der Waals surface area contributed by atoms with E-state index in [0.717, 1.165) is 44.0 Å². The first-order chi connectivity index (χ1) is 21.9. The average Bonchev–Trinajstić information content (AvgIpc) is 3.27. The number of carboxylic acid groups (broad SMARTS) is 1. The third-order valence-corrected chi connectivity index (χ3v) is 8.67. The van der Waals surface area contributed by atoms with E-state index in [1.54, 1.807) is 43.1 Å². The molecule has 0 saturated carbocycles. The summed E-state index contributed by atoms with van der Waals surface area (Å²) in [6.07, 6.45) is 2.96. The molecule has 4 heterocycles. The summed E-state index contributed by atoms with van der Waals surface area (Å²) in [7, 11) is 1.72. The molecule has 10 nitrogen and oxygen atoms in total. The van der Waals surface area contributed by atoms with Crippen LogP contribution >= 0.6 is 0 Å². The summed E-state index contributed by atoms with van der Waals surface area (Å²) in [5.74, 6) is -0.949. The highest BCUT2D eigenvalue weighted by molar-refractivity contribution is 6.05. The Morgan fingerprint density at radius 3 is 2.35 bits per heavy atom. The van der Waals surface area contributed by atoms with Crippen LogP contribution in [0.25, 0.3) is 49.7 Å². The average molecular weight is 616 g/mol. The first-order valence-corrected chi connectivity index (χ1v) is 15.1. The SMILES string of the molecule is Cn1c(=O)n(-c2ccc(C3(CC(=O)O)CN(C(=O)OC(C)(C)C)C3)cc2)c2c3cc(-c4cnc5ccccc5c4)ccc3ncc21. The minimum atomic E-state index is -0.949. The second-order valence-corrected chi connectivity index (χ2v) is 13.1. The smallest absolute Gasteiger partial charge is 0.410 e. The summed E-state index contributed by atoms with van der Waals surface area (Å²) in [6.45, 7) is 5.84. The topological polar surface area (TPSA) is 120 Å². The highest BCUT2D eigenvalue weighted by atomic mass is 16.6. The molecule has 1 fully saturated rings. The zero-order chi connectivity index (χ0) is 32.4. The van der Waals surface area contributed by atoms with Gasteiger partial charge in [0.1, 0.15) is 5.60 Å². The largest absolute Gasteiger partial charge is 0.481 e. The number of pyridine rings is 2. The monoisotopic (exact) mass is 615 g/mol. The van der Waals surface area contributed by atoms with E-state index in [4.69, 9.17) is 4.74 Å². The first kappa shape index (κ1) is 29.2. The van der Waals surface area contributed by atoms with Crippen molar-refractivity contribution in [1.82, 2.24) is 24.0 Å². The molecule has 0 unspecified atom stereocenters. The predicted molar refractivity (Wildman–Crippen MR) is 176 cm³/mol. The molecule has 7 rings (SSSR count). The van der Waals surface area contributed by atoms with Gasteiger partial charge in [-0.05, 0) is 68.3 Å². The molecular formula is C36H33N5O5. The summed E-state index contributed by atoms with van der Waals surface area (Å²) in [4.78, 5) is 49.1. The molecule has 0 radical (unpaired) electrons. The van der Waals surface area contributed by atoms with Crippen molar-refractivity contribution in [1.29, 1.82) is 0 Å². The van der Waals surface area contributed by atoms with Crippen molar-refractivity contribution in [3.63, 3.8) is 0 Å². The summed E-state index contributed by atoms with van der Waals surface area (Å²) in [5.41, 5.74) is 4.76. The molecule has 1 saturated heterocycles. The number of fused-ring (bicyclic) bond motifs is 4. The van der Waals surface area contributed by atoms with Gasteiger partial charge in [0.15, 0.2) is 0 Å². The molecule has 1 amide bonds. The normalized spacial score (nSPS) is 14.5. The number of nitrogens with zero attached hydrogens (tertiary/aromatic N) is 5. The van der Waals surface area contributed by atoms with Gasteiger partial charge in [0.25, 0.3) is 0 Å². The molecule has 6 aromatic rings. The Morgan fingerprint density at radius 1 is 0.913 bits per heavy atom. The van der Waals surface area contributed by atoms with E-state index in [1.807, 2.05) is 72.9 Å². The lowest BCUT2D eigenvalue weighted by Gasteiger charge is -2.49. The summed E-state index contributed by atoms with van der Waals surface area (Å²) >= 11 is 0. The number of benzene rings is 3. The number of amides is 1. The van der Waals surface area contributed by atoms with E-state index >= 15 is 0 Å². The number of aryl methyl sites for hydroxylation is 1. The van der Waals surface area contributed by atoms with Crippen LogP contribution in [0.4, 0.5) is 4.79 Å². The number of carboxylic acids is 1. The summed E-state index contributed by atoms with van der Waals surface area (Å²) < 4.78 is 8.74. The molecule has 46 heavy (non-hydrogen) atoms. The van der Waals surface area contributed by atoms with Gasteiger partial charge in [-0.1, -0.05) is 36.4 Å². The van der Waals surface area contributed by atoms with Gasteiger partial charge in [-0.25, -0.2) is 9.59 Å². The van der Waals surface area contributed by atoms with Crippen LogP contribution in [-0.2, 0) is 22.0 Å². The third kappa shape index (κ3) is 4.95. The van der Waals surface area contributed by atoms with Gasteiger partial charge in [0.2, 0.25) is 0 Å². The van der Waals surface area contributed by atoms with E-state index in [2.05, 4.69) is 16.0 Å². The Kier molecular flexibility index (Phi) is 6.70. The Bertz CT molecular complexity index is 2240. The van der Waals surface area contributed by atoms with Crippen molar-refractivity contribution in [2.45, 2.75) is 38.2 Å². The van der Waals surface area contributed by atoms with Gasteiger partial charge in [0.05, 0.1) is 40.4 Å². The minimum Gasteiger partial charge on any atom is -0.481 e. The van der Waals surface area contributed by atoms with Crippen molar-refractivity contribution < 1.29 is 19.4 Å². The Balaban J connectivity index is 1.29. The Morgan fingerprint density at radius 2 is 1.63 bits per heavy atom. The third-order valence-electron chi connectivity index (χ3n) is 8.67. The van der Waals surface area contributed by atoms with Crippen LogP contribution in [0.5, 0.6) is 0 Å².